The predicted molar refractivity (Wildman–Crippen MR) is 112 cm³/mol. The summed E-state index contributed by atoms with van der Waals surface area (Å²) in [6.45, 7) is 15.6. The van der Waals surface area contributed by atoms with Crippen LogP contribution in [0.3, 0.4) is 0 Å². The largest absolute Gasteiger partial charge is 0.327 e. The zero-order chi connectivity index (χ0) is 20.9. The first kappa shape index (κ1) is 34.5. The summed E-state index contributed by atoms with van der Waals surface area (Å²) < 4.78 is 0. The number of carbonyl (C=O) groups excluding carboxylic acids is 2. The molecule has 1 aromatic heterocycles. The van der Waals surface area contributed by atoms with Gasteiger partial charge in [-0.2, -0.15) is 0 Å². The summed E-state index contributed by atoms with van der Waals surface area (Å²) in [6.07, 6.45) is 4.60. The molecular formula is C19H42N4O2. The number of hydrogen-bond donors (Lipinski definition) is 2. The van der Waals surface area contributed by atoms with Crippen molar-refractivity contribution >= 4 is 18.4 Å². The number of anilines is 1. The van der Waals surface area contributed by atoms with Gasteiger partial charge in [-0.3, -0.25) is 9.78 Å². The minimum absolute atomic E-state index is 0.622. The molecule has 1 aromatic rings. The number of aromatic nitrogens is 1. The van der Waals surface area contributed by atoms with Crippen LogP contribution in [0.2, 0.25) is 0 Å². The molecule has 0 atom stereocenters. The molecular weight excluding hydrogens is 316 g/mol. The van der Waals surface area contributed by atoms with Crippen molar-refractivity contribution in [2.24, 2.45) is 0 Å². The average Bonchev–Trinajstić information content (AvgIpc) is 2.67. The first-order valence-electron chi connectivity index (χ1n) is 8.91. The van der Waals surface area contributed by atoms with Gasteiger partial charge in [0.2, 0.25) is 6.41 Å². The lowest BCUT2D eigenvalue weighted by Crippen LogP contribution is -2.23. The summed E-state index contributed by atoms with van der Waals surface area (Å²) in [7, 11) is 6.10. The highest BCUT2D eigenvalue weighted by Crippen LogP contribution is 1.98. The van der Waals surface area contributed by atoms with Crippen LogP contribution in [0.1, 0.15) is 48.5 Å². The smallest absolute Gasteiger partial charge is 0.211 e. The number of hydrogen-bond acceptors (Lipinski definition) is 5. The maximum Gasteiger partial charge on any atom is 0.211 e. The molecule has 1 amide bonds. The van der Waals surface area contributed by atoms with Crippen molar-refractivity contribution in [2.75, 3.05) is 39.5 Å². The first-order chi connectivity index (χ1) is 12.1. The molecule has 0 unspecified atom stereocenters. The molecule has 0 aliphatic rings. The third-order valence-electron chi connectivity index (χ3n) is 1.70. The number of nitrogens with zero attached hydrogens (tertiary/aromatic N) is 2. The van der Waals surface area contributed by atoms with Gasteiger partial charge in [0.15, 0.2) is 0 Å². The van der Waals surface area contributed by atoms with Crippen LogP contribution in [0.15, 0.2) is 24.5 Å². The van der Waals surface area contributed by atoms with E-state index in [0.29, 0.717) is 12.1 Å². The summed E-state index contributed by atoms with van der Waals surface area (Å²) in [5.41, 5.74) is 0.715. The third kappa shape index (κ3) is 52.0. The van der Waals surface area contributed by atoms with Crippen molar-refractivity contribution in [2.45, 2.75) is 48.5 Å². The maximum atomic E-state index is 9.84. The van der Waals surface area contributed by atoms with Crippen molar-refractivity contribution in [3.05, 3.63) is 24.5 Å². The van der Waals surface area contributed by atoms with Crippen molar-refractivity contribution in [3.63, 3.8) is 0 Å². The number of nitrogens with one attached hydrogen (secondary N) is 2. The molecule has 0 saturated heterocycles. The third-order valence-corrected chi connectivity index (χ3v) is 1.70. The second-order valence-electron chi connectivity index (χ2n) is 3.65. The lowest BCUT2D eigenvalue weighted by Gasteiger charge is -2.06. The van der Waals surface area contributed by atoms with Gasteiger partial charge in [0, 0.05) is 19.3 Å². The van der Waals surface area contributed by atoms with Crippen LogP contribution in [0.25, 0.3) is 0 Å². The quantitative estimate of drug-likeness (QED) is 0.785. The average molecular weight is 359 g/mol. The van der Waals surface area contributed by atoms with Gasteiger partial charge >= 0.3 is 0 Å². The summed E-state index contributed by atoms with van der Waals surface area (Å²) in [5, 5.41) is 5.52. The molecule has 1 heterocycles. The molecule has 0 saturated carbocycles. The lowest BCUT2D eigenvalue weighted by atomic mass is 10.4. The van der Waals surface area contributed by atoms with Gasteiger partial charge in [0.1, 0.15) is 6.29 Å². The summed E-state index contributed by atoms with van der Waals surface area (Å²) in [6, 6.07) is 3.52. The van der Waals surface area contributed by atoms with Gasteiger partial charge in [-0.1, -0.05) is 41.5 Å². The standard InChI is InChI=1S/C6H6N2O.C5H14N2.C2H4O.3C2H6/c9-5-8-6-2-1-3-7-4-6;1-6-4-5-7(2)3;1-2-3;3*1-2/h1-5H,(H,8,9);6H,4-5H2,1-3H3;2H,1H3;3*1-2H3. The summed E-state index contributed by atoms with van der Waals surface area (Å²) >= 11 is 0. The molecule has 25 heavy (non-hydrogen) atoms. The number of aldehydes is 1. The number of rotatable bonds is 5. The van der Waals surface area contributed by atoms with Crippen LogP contribution in [-0.4, -0.2) is 56.8 Å². The Labute approximate surface area is 156 Å². The number of amides is 1. The van der Waals surface area contributed by atoms with E-state index in [0.717, 1.165) is 19.4 Å². The molecule has 0 radical (unpaired) electrons. The molecule has 0 aromatic carbocycles. The molecule has 1 rings (SSSR count). The monoisotopic (exact) mass is 358 g/mol. The highest BCUT2D eigenvalue weighted by molar-refractivity contribution is 5.70. The highest BCUT2D eigenvalue weighted by Gasteiger charge is 1.83. The first-order valence-corrected chi connectivity index (χ1v) is 8.91. The van der Waals surface area contributed by atoms with Crippen LogP contribution in [0, 0.1) is 0 Å². The van der Waals surface area contributed by atoms with Crippen molar-refractivity contribution in [3.8, 4) is 0 Å². The molecule has 0 aliphatic carbocycles. The molecule has 0 spiro atoms. The second kappa shape index (κ2) is 43.2. The lowest BCUT2D eigenvalue weighted by molar-refractivity contribution is -0.106. The van der Waals surface area contributed by atoms with Crippen LogP contribution in [-0.2, 0) is 9.59 Å². The Bertz CT molecular complexity index is 308. The zero-order valence-electron chi connectivity index (χ0n) is 18.1. The van der Waals surface area contributed by atoms with Gasteiger partial charge in [-0.15, -0.1) is 0 Å². The number of carbonyl (C=O) groups is 2. The Kier molecular flexibility index (Phi) is 59.6. The van der Waals surface area contributed by atoms with E-state index < -0.39 is 0 Å². The minimum atomic E-state index is 0.622. The van der Waals surface area contributed by atoms with Crippen LogP contribution < -0.4 is 10.6 Å². The predicted octanol–water partition coefficient (Wildman–Crippen LogP) is 3.70. The van der Waals surface area contributed by atoms with Crippen molar-refractivity contribution < 1.29 is 9.59 Å². The van der Waals surface area contributed by atoms with E-state index in [1.54, 1.807) is 24.5 Å². The fraction of sp³-hybridized carbons (Fsp3) is 0.632. The molecule has 150 valence electrons. The number of likely N-dealkylation sites (N-methyl/N-ethyl adjacent to an activating group) is 2. The fourth-order valence-electron chi connectivity index (χ4n) is 0.852. The van der Waals surface area contributed by atoms with E-state index in [4.69, 9.17) is 4.79 Å². The van der Waals surface area contributed by atoms with Crippen LogP contribution >= 0.6 is 0 Å². The Morgan fingerprint density at radius 2 is 1.56 bits per heavy atom. The minimum Gasteiger partial charge on any atom is -0.327 e. The van der Waals surface area contributed by atoms with Crippen LogP contribution in [0.5, 0.6) is 0 Å². The zero-order valence-corrected chi connectivity index (χ0v) is 18.1. The van der Waals surface area contributed by atoms with Gasteiger partial charge in [-0.25, -0.2) is 0 Å². The Hall–Kier alpha value is -1.79. The number of pyridine rings is 1. The van der Waals surface area contributed by atoms with E-state index in [1.807, 2.05) is 48.6 Å². The van der Waals surface area contributed by atoms with E-state index in [2.05, 4.69) is 34.6 Å². The van der Waals surface area contributed by atoms with Crippen molar-refractivity contribution in [1.82, 2.24) is 15.2 Å². The molecule has 0 aliphatic heterocycles. The Balaban J connectivity index is -0.0000000745. The van der Waals surface area contributed by atoms with Gasteiger partial charge < -0.3 is 20.3 Å². The molecule has 6 nitrogen and oxygen atoms in total. The van der Waals surface area contributed by atoms with E-state index in [-0.39, 0.29) is 0 Å². The van der Waals surface area contributed by atoms with Crippen molar-refractivity contribution in [1.29, 1.82) is 0 Å². The Morgan fingerprint density at radius 1 is 1.08 bits per heavy atom. The molecule has 2 N–H and O–H groups in total. The molecule has 0 bridgehead atoms. The molecule has 6 heteroatoms. The van der Waals surface area contributed by atoms with Gasteiger partial charge in [0.05, 0.1) is 11.9 Å². The van der Waals surface area contributed by atoms with E-state index >= 15 is 0 Å². The molecule has 0 fully saturated rings. The summed E-state index contributed by atoms with van der Waals surface area (Å²) in [5.74, 6) is 0. The van der Waals surface area contributed by atoms with E-state index in [9.17, 15) is 4.79 Å². The SMILES string of the molecule is CC.CC.CC.CC=O.CNCCN(C)C.O=CNc1cccnc1. The normalized spacial score (nSPS) is 7.16. The van der Waals surface area contributed by atoms with E-state index in [1.165, 1.54) is 6.92 Å². The topological polar surface area (TPSA) is 74.3 Å². The highest BCUT2D eigenvalue weighted by atomic mass is 16.1. The Morgan fingerprint density at radius 3 is 1.80 bits per heavy atom. The fourth-order valence-corrected chi connectivity index (χ4v) is 0.852. The second-order valence-corrected chi connectivity index (χ2v) is 3.65. The summed E-state index contributed by atoms with van der Waals surface area (Å²) in [4.78, 5) is 24.6. The van der Waals surface area contributed by atoms with Gasteiger partial charge in [0.25, 0.3) is 0 Å². The van der Waals surface area contributed by atoms with Crippen LogP contribution in [0.4, 0.5) is 5.69 Å². The maximum absolute atomic E-state index is 9.84. The van der Waals surface area contributed by atoms with Gasteiger partial charge in [-0.05, 0) is 40.2 Å².